The predicted molar refractivity (Wildman–Crippen MR) is 45.4 cm³/mol. The first-order valence-electron chi connectivity index (χ1n) is 5.03. The molecular weight excluding hydrogens is 134 g/mol. The van der Waals surface area contributed by atoms with E-state index in [0.717, 1.165) is 23.8 Å². The first-order valence-corrected chi connectivity index (χ1v) is 5.03. The van der Waals surface area contributed by atoms with E-state index in [2.05, 4.69) is 11.9 Å². The molecule has 3 bridgehead atoms. The molecule has 0 aromatic heterocycles. The Morgan fingerprint density at radius 3 is 2.73 bits per heavy atom. The predicted octanol–water partition coefficient (Wildman–Crippen LogP) is 1.74. The Morgan fingerprint density at radius 1 is 1.00 bits per heavy atom. The molecule has 11 heavy (non-hydrogen) atoms. The lowest BCUT2D eigenvalue weighted by Crippen LogP contribution is -2.44. The highest BCUT2D eigenvalue weighted by atomic mass is 15.1. The van der Waals surface area contributed by atoms with Crippen molar-refractivity contribution in [3.63, 3.8) is 0 Å². The van der Waals surface area contributed by atoms with Gasteiger partial charge in [0.15, 0.2) is 0 Å². The SMILES string of the molecule is CN1CC2CC3CC2CC1C3. The van der Waals surface area contributed by atoms with Crippen LogP contribution in [0.4, 0.5) is 0 Å². The number of hydrogen-bond donors (Lipinski definition) is 0. The molecule has 1 saturated heterocycles. The Bertz CT molecular complexity index is 174. The molecule has 4 atom stereocenters. The molecule has 4 unspecified atom stereocenters. The van der Waals surface area contributed by atoms with E-state index in [4.69, 9.17) is 0 Å². The van der Waals surface area contributed by atoms with Gasteiger partial charge in [-0.1, -0.05) is 0 Å². The van der Waals surface area contributed by atoms with Crippen LogP contribution in [0.2, 0.25) is 0 Å². The molecule has 0 aromatic carbocycles. The van der Waals surface area contributed by atoms with Crippen molar-refractivity contribution in [1.82, 2.24) is 4.90 Å². The molecule has 3 rings (SSSR count). The van der Waals surface area contributed by atoms with Gasteiger partial charge in [-0.2, -0.15) is 0 Å². The second kappa shape index (κ2) is 2.01. The molecule has 1 aliphatic heterocycles. The molecule has 0 N–H and O–H groups in total. The normalized spacial score (nSPS) is 55.4. The molecule has 0 spiro atoms. The van der Waals surface area contributed by atoms with E-state index in [-0.39, 0.29) is 0 Å². The van der Waals surface area contributed by atoms with E-state index in [1.165, 1.54) is 19.4 Å². The number of fused-ring (bicyclic) bond motifs is 2. The number of rotatable bonds is 0. The summed E-state index contributed by atoms with van der Waals surface area (Å²) in [5.74, 6) is 3.34. The lowest BCUT2D eigenvalue weighted by atomic mass is 9.80. The van der Waals surface area contributed by atoms with Crippen molar-refractivity contribution in [3.05, 3.63) is 0 Å². The van der Waals surface area contributed by atoms with Crippen molar-refractivity contribution in [2.75, 3.05) is 13.6 Å². The zero-order valence-corrected chi connectivity index (χ0v) is 7.29. The highest BCUT2D eigenvalue weighted by Gasteiger charge is 2.46. The first-order chi connectivity index (χ1) is 5.33. The number of hydrogen-bond acceptors (Lipinski definition) is 1. The fourth-order valence-corrected chi connectivity index (χ4v) is 3.75. The minimum atomic E-state index is 0.970. The van der Waals surface area contributed by atoms with Crippen molar-refractivity contribution < 1.29 is 0 Å². The Balaban J connectivity index is 1.93. The maximum atomic E-state index is 2.61. The van der Waals surface area contributed by atoms with E-state index in [1.54, 1.807) is 12.8 Å². The van der Waals surface area contributed by atoms with Gasteiger partial charge < -0.3 is 4.90 Å². The fourth-order valence-electron chi connectivity index (χ4n) is 3.75. The van der Waals surface area contributed by atoms with Crippen LogP contribution in [0.15, 0.2) is 0 Å². The maximum absolute atomic E-state index is 2.61. The monoisotopic (exact) mass is 151 g/mol. The molecule has 0 aromatic rings. The maximum Gasteiger partial charge on any atom is 0.00977 e. The molecule has 0 radical (unpaired) electrons. The second-order valence-corrected chi connectivity index (χ2v) is 4.92. The summed E-state index contributed by atoms with van der Waals surface area (Å²) in [6.45, 7) is 1.41. The summed E-state index contributed by atoms with van der Waals surface area (Å²) in [5.41, 5.74) is 0. The van der Waals surface area contributed by atoms with Gasteiger partial charge in [0, 0.05) is 12.6 Å². The fraction of sp³-hybridized carbons (Fsp3) is 1.00. The second-order valence-electron chi connectivity index (χ2n) is 4.92. The van der Waals surface area contributed by atoms with Gasteiger partial charge >= 0.3 is 0 Å². The largest absolute Gasteiger partial charge is 0.303 e. The quantitative estimate of drug-likeness (QED) is 0.509. The lowest BCUT2D eigenvalue weighted by Gasteiger charge is -2.41. The first kappa shape index (κ1) is 6.47. The topological polar surface area (TPSA) is 3.24 Å². The zero-order valence-electron chi connectivity index (χ0n) is 7.29. The third-order valence-corrected chi connectivity index (χ3v) is 4.26. The summed E-state index contributed by atoms with van der Waals surface area (Å²) in [5, 5.41) is 0. The summed E-state index contributed by atoms with van der Waals surface area (Å²) in [7, 11) is 2.32. The molecule has 2 aliphatic carbocycles. The van der Waals surface area contributed by atoms with Crippen molar-refractivity contribution >= 4 is 0 Å². The number of nitrogens with zero attached hydrogens (tertiary/aromatic N) is 1. The van der Waals surface area contributed by atoms with Gasteiger partial charge in [-0.05, 0) is 50.5 Å². The molecule has 1 nitrogen and oxygen atoms in total. The van der Waals surface area contributed by atoms with Crippen LogP contribution in [0, 0.1) is 17.8 Å². The molecule has 62 valence electrons. The van der Waals surface area contributed by atoms with Gasteiger partial charge in [-0.25, -0.2) is 0 Å². The van der Waals surface area contributed by atoms with Gasteiger partial charge in [0.25, 0.3) is 0 Å². The Labute approximate surface area is 68.8 Å². The van der Waals surface area contributed by atoms with Crippen LogP contribution in [0.25, 0.3) is 0 Å². The third kappa shape index (κ3) is 0.807. The van der Waals surface area contributed by atoms with Crippen molar-refractivity contribution in [2.45, 2.75) is 31.7 Å². The van der Waals surface area contributed by atoms with E-state index in [9.17, 15) is 0 Å². The lowest BCUT2D eigenvalue weighted by molar-refractivity contribution is 0.0854. The summed E-state index contributed by atoms with van der Waals surface area (Å²) in [6.07, 6.45) is 6.18. The Kier molecular flexibility index (Phi) is 1.18. The minimum absolute atomic E-state index is 0.970. The number of likely N-dealkylation sites (tertiary alicyclic amines) is 1. The van der Waals surface area contributed by atoms with Crippen molar-refractivity contribution in [1.29, 1.82) is 0 Å². The van der Waals surface area contributed by atoms with E-state index < -0.39 is 0 Å². The van der Waals surface area contributed by atoms with Gasteiger partial charge in [-0.3, -0.25) is 0 Å². The van der Waals surface area contributed by atoms with Crippen molar-refractivity contribution in [3.8, 4) is 0 Å². The molecule has 0 amide bonds. The number of piperidine rings is 1. The summed E-state index contributed by atoms with van der Waals surface area (Å²) in [4.78, 5) is 2.61. The molecule has 1 heterocycles. The summed E-state index contributed by atoms with van der Waals surface area (Å²) >= 11 is 0. The highest BCUT2D eigenvalue weighted by molar-refractivity contribution is 4.98. The minimum Gasteiger partial charge on any atom is -0.303 e. The van der Waals surface area contributed by atoms with Gasteiger partial charge in [0.1, 0.15) is 0 Å². The van der Waals surface area contributed by atoms with E-state index >= 15 is 0 Å². The average molecular weight is 151 g/mol. The summed E-state index contributed by atoms with van der Waals surface area (Å²) in [6, 6.07) is 0.970. The molecular formula is C10H17N. The summed E-state index contributed by atoms with van der Waals surface area (Å²) < 4.78 is 0. The van der Waals surface area contributed by atoms with Crippen LogP contribution in [-0.2, 0) is 0 Å². The van der Waals surface area contributed by atoms with Crippen LogP contribution in [0.1, 0.15) is 25.7 Å². The highest BCUT2D eigenvalue weighted by Crippen LogP contribution is 2.50. The van der Waals surface area contributed by atoms with Gasteiger partial charge in [0.05, 0.1) is 0 Å². The van der Waals surface area contributed by atoms with Gasteiger partial charge in [0.2, 0.25) is 0 Å². The Hall–Kier alpha value is -0.0400. The molecule has 3 fully saturated rings. The van der Waals surface area contributed by atoms with Crippen LogP contribution >= 0.6 is 0 Å². The molecule has 1 heteroatoms. The molecule has 2 saturated carbocycles. The zero-order chi connectivity index (χ0) is 7.42. The van der Waals surface area contributed by atoms with E-state index in [1.807, 2.05) is 0 Å². The van der Waals surface area contributed by atoms with Crippen LogP contribution in [0.3, 0.4) is 0 Å². The van der Waals surface area contributed by atoms with Gasteiger partial charge in [-0.15, -0.1) is 0 Å². The molecule has 3 aliphatic rings. The Morgan fingerprint density at radius 2 is 1.82 bits per heavy atom. The van der Waals surface area contributed by atoms with Crippen LogP contribution < -0.4 is 0 Å². The standard InChI is InChI=1S/C10H17N/c1-11-6-9-3-7-2-8(9)5-10(11)4-7/h7-10H,2-6H2,1H3. The third-order valence-electron chi connectivity index (χ3n) is 4.26. The van der Waals surface area contributed by atoms with Crippen LogP contribution in [0.5, 0.6) is 0 Å². The van der Waals surface area contributed by atoms with Crippen LogP contribution in [-0.4, -0.2) is 24.5 Å². The smallest absolute Gasteiger partial charge is 0.00977 e. The van der Waals surface area contributed by atoms with Crippen molar-refractivity contribution in [2.24, 2.45) is 17.8 Å². The average Bonchev–Trinajstić information content (AvgIpc) is 2.19. The van der Waals surface area contributed by atoms with E-state index in [0.29, 0.717) is 0 Å².